The molecule has 0 bridgehead atoms. The number of carboxylic acids is 1. The Labute approximate surface area is 100 Å². The molecule has 0 aliphatic carbocycles. The lowest BCUT2D eigenvalue weighted by atomic mass is 10.1. The summed E-state index contributed by atoms with van der Waals surface area (Å²) in [5, 5.41) is 8.94. The lowest BCUT2D eigenvalue weighted by molar-refractivity contribution is 0.0695. The third-order valence-electron chi connectivity index (χ3n) is 3.08. The van der Waals surface area contributed by atoms with Crippen molar-refractivity contribution in [3.8, 4) is 0 Å². The van der Waals surface area contributed by atoms with Crippen molar-refractivity contribution < 1.29 is 9.90 Å². The summed E-state index contributed by atoms with van der Waals surface area (Å²) in [6, 6.07) is 3.55. The van der Waals surface area contributed by atoms with Gasteiger partial charge in [-0.3, -0.25) is 0 Å². The second-order valence-corrected chi connectivity index (χ2v) is 4.46. The van der Waals surface area contributed by atoms with Crippen LogP contribution in [0.25, 0.3) is 0 Å². The molecule has 1 saturated heterocycles. The summed E-state index contributed by atoms with van der Waals surface area (Å²) < 4.78 is 0. The Morgan fingerprint density at radius 2 is 2.35 bits per heavy atom. The van der Waals surface area contributed by atoms with Crippen molar-refractivity contribution >= 4 is 11.8 Å². The minimum atomic E-state index is -0.933. The van der Waals surface area contributed by atoms with E-state index in [1.165, 1.54) is 0 Å². The van der Waals surface area contributed by atoms with E-state index >= 15 is 0 Å². The summed E-state index contributed by atoms with van der Waals surface area (Å²) in [5.74, 6) is -0.112. The zero-order valence-corrected chi connectivity index (χ0v) is 9.89. The van der Waals surface area contributed by atoms with Gasteiger partial charge in [-0.05, 0) is 31.9 Å². The molecule has 1 unspecified atom stereocenters. The van der Waals surface area contributed by atoms with E-state index in [0.29, 0.717) is 5.69 Å². The number of aryl methyl sites for hydroxylation is 1. The molecule has 92 valence electrons. The van der Waals surface area contributed by atoms with Crippen molar-refractivity contribution in [3.05, 3.63) is 23.4 Å². The first-order valence-corrected chi connectivity index (χ1v) is 5.79. The number of aromatic nitrogens is 1. The molecule has 5 heteroatoms. The van der Waals surface area contributed by atoms with Gasteiger partial charge in [0.25, 0.3) is 0 Å². The van der Waals surface area contributed by atoms with Crippen LogP contribution in [-0.4, -0.2) is 35.2 Å². The first-order valence-electron chi connectivity index (χ1n) is 5.79. The van der Waals surface area contributed by atoms with Crippen LogP contribution in [0.3, 0.4) is 0 Å². The fourth-order valence-corrected chi connectivity index (χ4v) is 2.17. The maximum atomic E-state index is 10.9. The SMILES string of the molecule is Cc1nc(N2CCCC(N)C2)ccc1C(=O)O. The highest BCUT2D eigenvalue weighted by Gasteiger charge is 2.19. The van der Waals surface area contributed by atoms with Crippen molar-refractivity contribution in [3.63, 3.8) is 0 Å². The summed E-state index contributed by atoms with van der Waals surface area (Å²) >= 11 is 0. The van der Waals surface area contributed by atoms with E-state index in [9.17, 15) is 4.79 Å². The second-order valence-electron chi connectivity index (χ2n) is 4.46. The molecule has 0 amide bonds. The number of aromatic carboxylic acids is 1. The van der Waals surface area contributed by atoms with Crippen LogP contribution in [0.15, 0.2) is 12.1 Å². The average Bonchev–Trinajstić information content (AvgIpc) is 2.28. The monoisotopic (exact) mass is 235 g/mol. The largest absolute Gasteiger partial charge is 0.478 e. The van der Waals surface area contributed by atoms with Crippen LogP contribution in [0.2, 0.25) is 0 Å². The second kappa shape index (κ2) is 4.71. The van der Waals surface area contributed by atoms with E-state index in [0.717, 1.165) is 31.7 Å². The predicted molar refractivity (Wildman–Crippen MR) is 65.4 cm³/mol. The smallest absolute Gasteiger partial charge is 0.337 e. The normalized spacial score (nSPS) is 20.4. The molecule has 17 heavy (non-hydrogen) atoms. The molecule has 0 spiro atoms. The molecule has 1 aromatic rings. The van der Waals surface area contributed by atoms with E-state index in [1.807, 2.05) is 0 Å². The number of hydrogen-bond acceptors (Lipinski definition) is 4. The summed E-state index contributed by atoms with van der Waals surface area (Å²) in [5.41, 5.74) is 6.72. The molecule has 0 aromatic carbocycles. The van der Waals surface area contributed by atoms with Gasteiger partial charge in [0.2, 0.25) is 0 Å². The molecule has 1 aliphatic heterocycles. The van der Waals surface area contributed by atoms with Gasteiger partial charge < -0.3 is 15.7 Å². The highest BCUT2D eigenvalue weighted by Crippen LogP contribution is 2.19. The van der Waals surface area contributed by atoms with Crippen LogP contribution in [0.1, 0.15) is 28.9 Å². The van der Waals surface area contributed by atoms with Crippen molar-refractivity contribution in [1.82, 2.24) is 4.98 Å². The maximum absolute atomic E-state index is 10.9. The zero-order valence-electron chi connectivity index (χ0n) is 9.89. The van der Waals surface area contributed by atoms with Crippen LogP contribution in [0.4, 0.5) is 5.82 Å². The Morgan fingerprint density at radius 3 is 2.94 bits per heavy atom. The van der Waals surface area contributed by atoms with Crippen molar-refractivity contribution in [1.29, 1.82) is 0 Å². The summed E-state index contributed by atoms with van der Waals surface area (Å²) in [6.45, 7) is 3.45. The Hall–Kier alpha value is -1.62. The average molecular weight is 235 g/mol. The number of rotatable bonds is 2. The lowest BCUT2D eigenvalue weighted by Crippen LogP contribution is -2.43. The quantitative estimate of drug-likeness (QED) is 0.800. The van der Waals surface area contributed by atoms with Gasteiger partial charge in [0, 0.05) is 19.1 Å². The van der Waals surface area contributed by atoms with E-state index in [-0.39, 0.29) is 11.6 Å². The number of carbonyl (C=O) groups is 1. The molecule has 1 fully saturated rings. The Balaban J connectivity index is 2.22. The Bertz CT molecular complexity index is 434. The van der Waals surface area contributed by atoms with Crippen LogP contribution in [0, 0.1) is 6.92 Å². The van der Waals surface area contributed by atoms with Gasteiger partial charge in [0.1, 0.15) is 5.82 Å². The minimum Gasteiger partial charge on any atom is -0.478 e. The number of hydrogen-bond donors (Lipinski definition) is 2. The number of carboxylic acid groups (broad SMARTS) is 1. The van der Waals surface area contributed by atoms with Gasteiger partial charge in [-0.25, -0.2) is 9.78 Å². The van der Waals surface area contributed by atoms with Crippen molar-refractivity contribution in [2.75, 3.05) is 18.0 Å². The molecular weight excluding hydrogens is 218 g/mol. The van der Waals surface area contributed by atoms with Crippen LogP contribution in [-0.2, 0) is 0 Å². The van der Waals surface area contributed by atoms with Crippen LogP contribution in [0.5, 0.6) is 0 Å². The van der Waals surface area contributed by atoms with Gasteiger partial charge in [-0.2, -0.15) is 0 Å². The first-order chi connectivity index (χ1) is 8.08. The van der Waals surface area contributed by atoms with Gasteiger partial charge in [0.05, 0.1) is 11.3 Å². The van der Waals surface area contributed by atoms with Crippen molar-refractivity contribution in [2.45, 2.75) is 25.8 Å². The number of nitrogens with zero attached hydrogens (tertiary/aromatic N) is 2. The molecule has 2 heterocycles. The highest BCUT2D eigenvalue weighted by atomic mass is 16.4. The topological polar surface area (TPSA) is 79.5 Å². The Kier molecular flexibility index (Phi) is 3.28. The minimum absolute atomic E-state index is 0.185. The summed E-state index contributed by atoms with van der Waals surface area (Å²) in [4.78, 5) is 17.3. The number of anilines is 1. The highest BCUT2D eigenvalue weighted by molar-refractivity contribution is 5.89. The molecule has 1 atom stereocenters. The van der Waals surface area contributed by atoms with Gasteiger partial charge in [0.15, 0.2) is 0 Å². The third-order valence-corrected chi connectivity index (χ3v) is 3.08. The van der Waals surface area contributed by atoms with E-state index < -0.39 is 5.97 Å². The fraction of sp³-hybridized carbons (Fsp3) is 0.500. The molecule has 1 aliphatic rings. The molecule has 1 aromatic heterocycles. The first kappa shape index (κ1) is 11.9. The van der Waals surface area contributed by atoms with Crippen LogP contribution < -0.4 is 10.6 Å². The fourth-order valence-electron chi connectivity index (χ4n) is 2.17. The summed E-state index contributed by atoms with van der Waals surface area (Å²) in [6.07, 6.45) is 2.10. The molecule has 0 saturated carbocycles. The number of pyridine rings is 1. The predicted octanol–water partition coefficient (Wildman–Crippen LogP) is 1.02. The summed E-state index contributed by atoms with van der Waals surface area (Å²) in [7, 11) is 0. The number of piperidine rings is 1. The third kappa shape index (κ3) is 2.55. The number of nitrogens with two attached hydrogens (primary N) is 1. The van der Waals surface area contributed by atoms with Crippen LogP contribution >= 0.6 is 0 Å². The molecule has 0 radical (unpaired) electrons. The van der Waals surface area contributed by atoms with E-state index in [4.69, 9.17) is 10.8 Å². The molecule has 2 rings (SSSR count). The maximum Gasteiger partial charge on any atom is 0.337 e. The zero-order chi connectivity index (χ0) is 12.4. The van der Waals surface area contributed by atoms with Crippen molar-refractivity contribution in [2.24, 2.45) is 5.73 Å². The lowest BCUT2D eigenvalue weighted by Gasteiger charge is -2.31. The van der Waals surface area contributed by atoms with Gasteiger partial charge in [-0.1, -0.05) is 0 Å². The molecule has 3 N–H and O–H groups in total. The van der Waals surface area contributed by atoms with Gasteiger partial charge in [-0.15, -0.1) is 0 Å². The van der Waals surface area contributed by atoms with E-state index in [2.05, 4.69) is 9.88 Å². The molecule has 5 nitrogen and oxygen atoms in total. The molecular formula is C12H17N3O2. The standard InChI is InChI=1S/C12H17N3O2/c1-8-10(12(16)17)4-5-11(14-8)15-6-2-3-9(13)7-15/h4-5,9H,2-3,6-7,13H2,1H3,(H,16,17). The Morgan fingerprint density at radius 1 is 1.59 bits per heavy atom. The van der Waals surface area contributed by atoms with Gasteiger partial charge >= 0.3 is 5.97 Å². The van der Waals surface area contributed by atoms with E-state index in [1.54, 1.807) is 19.1 Å².